The van der Waals surface area contributed by atoms with Crippen LogP contribution in [0.25, 0.3) is 10.9 Å². The van der Waals surface area contributed by atoms with E-state index in [4.69, 9.17) is 17.0 Å². The lowest BCUT2D eigenvalue weighted by Crippen LogP contribution is -2.36. The molecule has 0 spiro atoms. The van der Waals surface area contributed by atoms with Crippen LogP contribution >= 0.6 is 12.2 Å². The molecule has 34 heavy (non-hydrogen) atoms. The van der Waals surface area contributed by atoms with Crippen LogP contribution in [0.5, 0.6) is 5.75 Å². The summed E-state index contributed by atoms with van der Waals surface area (Å²) in [5.74, 6) is 1.25. The quantitative estimate of drug-likeness (QED) is 0.325. The lowest BCUT2D eigenvalue weighted by molar-refractivity contribution is 0.307. The number of nitrogens with one attached hydrogen (secondary N) is 3. The van der Waals surface area contributed by atoms with Gasteiger partial charge in [0.25, 0.3) is 0 Å². The van der Waals surface area contributed by atoms with E-state index in [-0.39, 0.29) is 16.9 Å². The van der Waals surface area contributed by atoms with Crippen molar-refractivity contribution in [2.75, 3.05) is 0 Å². The molecule has 2 heterocycles. The molecule has 5 rings (SSSR count). The molecule has 0 aliphatic heterocycles. The first-order valence-corrected chi connectivity index (χ1v) is 13.0. The number of hydrogen-bond acceptors (Lipinski definition) is 6. The normalized spacial score (nSPS) is 18.4. The Labute approximate surface area is 202 Å². The number of rotatable bonds is 7. The second-order valence-electron chi connectivity index (χ2n) is 8.53. The van der Waals surface area contributed by atoms with E-state index in [1.165, 1.54) is 0 Å². The number of fused-ring (bicyclic) bond motifs is 1. The van der Waals surface area contributed by atoms with Crippen LogP contribution in [0.3, 0.4) is 0 Å². The third-order valence-electron chi connectivity index (χ3n) is 6.15. The summed E-state index contributed by atoms with van der Waals surface area (Å²) < 4.78 is 35.3. The molecule has 0 bridgehead atoms. The Hall–Kier alpha value is -3.08. The van der Waals surface area contributed by atoms with Gasteiger partial charge in [-0.1, -0.05) is 24.6 Å². The fourth-order valence-electron chi connectivity index (χ4n) is 4.54. The molecule has 1 saturated carbocycles. The van der Waals surface area contributed by atoms with E-state index in [0.717, 1.165) is 41.4 Å². The van der Waals surface area contributed by atoms with Crippen molar-refractivity contribution >= 4 is 33.1 Å². The lowest BCUT2D eigenvalue weighted by Gasteiger charge is -2.19. The molecule has 4 aromatic rings. The average molecular weight is 496 g/mol. The zero-order valence-corrected chi connectivity index (χ0v) is 20.2. The van der Waals surface area contributed by atoms with Crippen LogP contribution in [-0.4, -0.2) is 34.6 Å². The number of nitrogens with zero attached hydrogens (tertiary/aromatic N) is 2. The van der Waals surface area contributed by atoms with E-state index < -0.39 is 10.0 Å². The summed E-state index contributed by atoms with van der Waals surface area (Å²) in [6, 6.07) is 16.2. The fraction of sp³-hybridized carbons (Fsp3) is 0.292. The number of para-hydroxylation sites is 1. The van der Waals surface area contributed by atoms with Gasteiger partial charge in [0.15, 0.2) is 4.77 Å². The topological polar surface area (TPSA) is 113 Å². The Balaban J connectivity index is 1.28. The predicted molar refractivity (Wildman–Crippen MR) is 132 cm³/mol. The largest absolute Gasteiger partial charge is 0.489 e. The van der Waals surface area contributed by atoms with Gasteiger partial charge in [0.05, 0.1) is 10.4 Å². The number of aromatic amines is 2. The van der Waals surface area contributed by atoms with Gasteiger partial charge in [0.2, 0.25) is 10.0 Å². The average Bonchev–Trinajstić information content (AvgIpc) is 3.45. The second kappa shape index (κ2) is 9.28. The van der Waals surface area contributed by atoms with Gasteiger partial charge in [-0.2, -0.15) is 5.10 Å². The van der Waals surface area contributed by atoms with Crippen molar-refractivity contribution < 1.29 is 13.2 Å². The minimum atomic E-state index is -3.69. The molecule has 2 atom stereocenters. The van der Waals surface area contributed by atoms with Crippen LogP contribution in [0, 0.1) is 11.7 Å². The summed E-state index contributed by atoms with van der Waals surface area (Å²) in [6.45, 7) is 2.32. The SMILES string of the molecule is Cc1cc(COc2ccc(S(=O)(=O)NC3CCCC3c3n[nH]c(=S)[nH]3)cc2)c2ccccc2n1. The monoisotopic (exact) mass is 495 g/mol. The number of aromatic nitrogens is 4. The number of ether oxygens (including phenoxy) is 1. The van der Waals surface area contributed by atoms with Crippen molar-refractivity contribution in [1.29, 1.82) is 0 Å². The van der Waals surface area contributed by atoms with Crippen LogP contribution in [0.15, 0.2) is 59.5 Å². The summed E-state index contributed by atoms with van der Waals surface area (Å²) >= 11 is 5.06. The Morgan fingerprint density at radius 1 is 1.15 bits per heavy atom. The maximum atomic E-state index is 13.0. The van der Waals surface area contributed by atoms with E-state index in [0.29, 0.717) is 23.0 Å². The number of H-pyrrole nitrogens is 2. The Morgan fingerprint density at radius 2 is 1.94 bits per heavy atom. The van der Waals surface area contributed by atoms with E-state index in [1.54, 1.807) is 24.3 Å². The standard InChI is InChI=1S/C24H25N5O3S2/c1-15-13-16(19-5-2-3-7-21(19)25-15)14-32-17-9-11-18(12-10-17)34(30,31)29-22-8-4-6-20(22)23-26-24(33)28-27-23/h2-3,5,7,9-13,20,22,29H,4,6,8,14H2,1H3,(H2,26,27,28,33). The Kier molecular flexibility index (Phi) is 6.20. The van der Waals surface area contributed by atoms with Crippen LogP contribution in [0.4, 0.5) is 0 Å². The van der Waals surface area contributed by atoms with Gasteiger partial charge in [-0.05, 0) is 68.4 Å². The molecule has 2 unspecified atom stereocenters. The number of aryl methyl sites for hydroxylation is 1. The molecule has 2 aromatic carbocycles. The fourth-order valence-corrected chi connectivity index (χ4v) is 6.01. The first-order valence-electron chi connectivity index (χ1n) is 11.1. The van der Waals surface area contributed by atoms with Crippen molar-refractivity contribution in [3.8, 4) is 5.75 Å². The summed E-state index contributed by atoms with van der Waals surface area (Å²) in [7, 11) is -3.69. The third-order valence-corrected chi connectivity index (χ3v) is 7.85. The van der Waals surface area contributed by atoms with Crippen molar-refractivity contribution in [3.63, 3.8) is 0 Å². The first kappa shape index (κ1) is 22.7. The highest BCUT2D eigenvalue weighted by Crippen LogP contribution is 2.33. The highest BCUT2D eigenvalue weighted by atomic mass is 32.2. The molecule has 0 radical (unpaired) electrons. The molecule has 176 valence electrons. The highest BCUT2D eigenvalue weighted by molar-refractivity contribution is 7.89. The summed E-state index contributed by atoms with van der Waals surface area (Å²) in [6.07, 6.45) is 2.51. The molecule has 0 saturated heterocycles. The molecule has 1 fully saturated rings. The summed E-state index contributed by atoms with van der Waals surface area (Å²) in [5.41, 5.74) is 2.88. The zero-order chi connectivity index (χ0) is 23.7. The minimum absolute atomic E-state index is 0.0380. The number of sulfonamides is 1. The van der Waals surface area contributed by atoms with Crippen molar-refractivity contribution in [2.45, 2.75) is 49.6 Å². The second-order valence-corrected chi connectivity index (χ2v) is 10.7. The Bertz CT molecular complexity index is 1480. The van der Waals surface area contributed by atoms with Gasteiger partial charge in [0, 0.05) is 28.6 Å². The van der Waals surface area contributed by atoms with Crippen LogP contribution < -0.4 is 9.46 Å². The van der Waals surface area contributed by atoms with E-state index in [2.05, 4.69) is 24.9 Å². The summed E-state index contributed by atoms with van der Waals surface area (Å²) in [5, 5.41) is 7.95. The first-order chi connectivity index (χ1) is 16.4. The van der Waals surface area contributed by atoms with Crippen molar-refractivity contribution in [1.82, 2.24) is 24.9 Å². The molecular weight excluding hydrogens is 470 g/mol. The van der Waals surface area contributed by atoms with Gasteiger partial charge in [-0.15, -0.1) is 0 Å². The molecule has 8 nitrogen and oxygen atoms in total. The van der Waals surface area contributed by atoms with Crippen molar-refractivity contribution in [2.24, 2.45) is 0 Å². The minimum Gasteiger partial charge on any atom is -0.489 e. The number of benzene rings is 2. The van der Waals surface area contributed by atoms with Gasteiger partial charge in [0.1, 0.15) is 18.2 Å². The molecule has 0 amide bonds. The van der Waals surface area contributed by atoms with E-state index >= 15 is 0 Å². The molecular formula is C24H25N5O3S2. The van der Waals surface area contributed by atoms with Gasteiger partial charge in [-0.3, -0.25) is 10.1 Å². The highest BCUT2D eigenvalue weighted by Gasteiger charge is 2.34. The maximum Gasteiger partial charge on any atom is 0.240 e. The molecule has 10 heteroatoms. The maximum absolute atomic E-state index is 13.0. The zero-order valence-electron chi connectivity index (χ0n) is 18.6. The number of hydrogen-bond donors (Lipinski definition) is 3. The number of pyridine rings is 1. The third kappa shape index (κ3) is 4.75. The summed E-state index contributed by atoms with van der Waals surface area (Å²) in [4.78, 5) is 7.77. The van der Waals surface area contributed by atoms with E-state index in [9.17, 15) is 8.42 Å². The van der Waals surface area contributed by atoms with Crippen LogP contribution in [-0.2, 0) is 16.6 Å². The van der Waals surface area contributed by atoms with Crippen molar-refractivity contribution in [3.05, 3.63) is 76.5 Å². The molecule has 3 N–H and O–H groups in total. The van der Waals surface area contributed by atoms with Crippen LogP contribution in [0.1, 0.15) is 42.3 Å². The van der Waals surface area contributed by atoms with Gasteiger partial charge >= 0.3 is 0 Å². The molecule has 1 aliphatic rings. The molecule has 1 aliphatic carbocycles. The predicted octanol–water partition coefficient (Wildman–Crippen LogP) is 4.52. The smallest absolute Gasteiger partial charge is 0.240 e. The lowest BCUT2D eigenvalue weighted by atomic mass is 10.0. The van der Waals surface area contributed by atoms with Gasteiger partial charge in [-0.25, -0.2) is 13.1 Å². The van der Waals surface area contributed by atoms with E-state index in [1.807, 2.05) is 37.3 Å². The molecule has 2 aromatic heterocycles. The van der Waals surface area contributed by atoms with Gasteiger partial charge < -0.3 is 9.72 Å². The van der Waals surface area contributed by atoms with Crippen LogP contribution in [0.2, 0.25) is 0 Å². The Morgan fingerprint density at radius 3 is 2.71 bits per heavy atom.